The molecule has 1 aliphatic rings. The largest absolute Gasteiger partial charge is 0.467 e. The molecule has 7 nitrogen and oxygen atoms in total. The standard InChI is InChI=1S/C29H30N2O5/c1-18(2)25(31-29(34)36-17-19-11-5-4-6-12-19)27(32)30-26(28(33)35-3)24-22-15-9-7-13-20(22)21-14-8-10-16-23(21)24/h4-16,18,24-26H,17H2,1-3H3,(H,30,32)(H,31,34)/t25-,26+/m1/s1. The summed E-state index contributed by atoms with van der Waals surface area (Å²) >= 11 is 0. The van der Waals surface area contributed by atoms with Gasteiger partial charge < -0.3 is 20.1 Å². The third kappa shape index (κ3) is 5.25. The molecule has 0 fully saturated rings. The number of rotatable bonds is 8. The first-order valence-electron chi connectivity index (χ1n) is 11.9. The number of carbonyl (C=O) groups is 3. The lowest BCUT2D eigenvalue weighted by Crippen LogP contribution is -2.55. The summed E-state index contributed by atoms with van der Waals surface area (Å²) in [7, 11) is 1.30. The Morgan fingerprint density at radius 1 is 0.806 bits per heavy atom. The number of esters is 1. The van der Waals surface area contributed by atoms with Crippen LogP contribution < -0.4 is 10.6 Å². The van der Waals surface area contributed by atoms with E-state index in [1.165, 1.54) is 7.11 Å². The zero-order valence-corrected chi connectivity index (χ0v) is 20.6. The zero-order valence-electron chi connectivity index (χ0n) is 20.6. The van der Waals surface area contributed by atoms with Gasteiger partial charge in [0.05, 0.1) is 7.11 Å². The molecule has 186 valence electrons. The molecule has 0 aromatic heterocycles. The molecule has 7 heteroatoms. The number of benzene rings is 3. The van der Waals surface area contributed by atoms with Crippen molar-refractivity contribution in [2.45, 2.75) is 38.5 Å². The molecule has 0 radical (unpaired) electrons. The predicted molar refractivity (Wildman–Crippen MR) is 136 cm³/mol. The molecular formula is C29H30N2O5. The number of ether oxygens (including phenoxy) is 2. The summed E-state index contributed by atoms with van der Waals surface area (Å²) in [5, 5.41) is 5.52. The Bertz CT molecular complexity index is 1200. The van der Waals surface area contributed by atoms with E-state index >= 15 is 0 Å². The maximum atomic E-state index is 13.4. The van der Waals surface area contributed by atoms with Crippen molar-refractivity contribution in [2.24, 2.45) is 5.92 Å². The van der Waals surface area contributed by atoms with E-state index in [0.717, 1.165) is 27.8 Å². The first kappa shape index (κ1) is 25.0. The number of nitrogens with one attached hydrogen (secondary N) is 2. The number of alkyl carbamates (subject to hydrolysis) is 1. The smallest absolute Gasteiger partial charge is 0.408 e. The molecule has 2 amide bonds. The minimum atomic E-state index is -0.976. The van der Waals surface area contributed by atoms with E-state index in [-0.39, 0.29) is 12.5 Å². The summed E-state index contributed by atoms with van der Waals surface area (Å²) in [5.74, 6) is -1.73. The fourth-order valence-corrected chi connectivity index (χ4v) is 4.63. The van der Waals surface area contributed by atoms with Crippen LogP contribution in [-0.2, 0) is 25.7 Å². The monoisotopic (exact) mass is 486 g/mol. The van der Waals surface area contributed by atoms with Gasteiger partial charge in [-0.05, 0) is 33.7 Å². The van der Waals surface area contributed by atoms with Crippen molar-refractivity contribution in [1.82, 2.24) is 10.6 Å². The lowest BCUT2D eigenvalue weighted by molar-refractivity contribution is -0.145. The normalized spacial score (nSPS) is 13.8. The average molecular weight is 487 g/mol. The fraction of sp³-hybridized carbons (Fsp3) is 0.276. The number of amides is 2. The predicted octanol–water partition coefficient (Wildman–Crippen LogP) is 4.41. The van der Waals surface area contributed by atoms with E-state index in [1.54, 1.807) is 0 Å². The third-order valence-electron chi connectivity index (χ3n) is 6.40. The summed E-state index contributed by atoms with van der Waals surface area (Å²) < 4.78 is 10.4. The van der Waals surface area contributed by atoms with Crippen LogP contribution in [0.2, 0.25) is 0 Å². The molecule has 3 aromatic carbocycles. The van der Waals surface area contributed by atoms with Gasteiger partial charge in [0.25, 0.3) is 0 Å². The van der Waals surface area contributed by atoms with E-state index < -0.39 is 36.0 Å². The molecule has 0 aliphatic heterocycles. The molecule has 0 bridgehead atoms. The van der Waals surface area contributed by atoms with Crippen LogP contribution in [0.3, 0.4) is 0 Å². The summed E-state index contributed by atoms with van der Waals surface area (Å²) in [4.78, 5) is 38.9. The van der Waals surface area contributed by atoms with E-state index in [0.29, 0.717) is 0 Å². The van der Waals surface area contributed by atoms with Crippen LogP contribution in [0.4, 0.5) is 4.79 Å². The molecular weight excluding hydrogens is 456 g/mol. The van der Waals surface area contributed by atoms with Gasteiger partial charge in [-0.1, -0.05) is 92.7 Å². The number of hydrogen-bond donors (Lipinski definition) is 2. The van der Waals surface area contributed by atoms with Gasteiger partial charge in [-0.3, -0.25) is 4.79 Å². The summed E-state index contributed by atoms with van der Waals surface area (Å²) in [6.45, 7) is 3.71. The first-order valence-corrected chi connectivity index (χ1v) is 11.9. The topological polar surface area (TPSA) is 93.7 Å². The van der Waals surface area contributed by atoms with E-state index in [9.17, 15) is 14.4 Å². The molecule has 0 saturated carbocycles. The van der Waals surface area contributed by atoms with Gasteiger partial charge in [-0.15, -0.1) is 0 Å². The summed E-state index contributed by atoms with van der Waals surface area (Å²) in [5.41, 5.74) is 4.74. The molecule has 1 aliphatic carbocycles. The number of methoxy groups -OCH3 is 1. The Hall–Kier alpha value is -4.13. The molecule has 0 saturated heterocycles. The maximum absolute atomic E-state index is 13.4. The van der Waals surface area contributed by atoms with E-state index in [4.69, 9.17) is 9.47 Å². The molecule has 3 aromatic rings. The highest BCUT2D eigenvalue weighted by atomic mass is 16.5. The van der Waals surface area contributed by atoms with Crippen molar-refractivity contribution in [1.29, 1.82) is 0 Å². The van der Waals surface area contributed by atoms with Gasteiger partial charge in [-0.2, -0.15) is 0 Å². The van der Waals surface area contributed by atoms with Crippen LogP contribution in [0.5, 0.6) is 0 Å². The number of hydrogen-bond acceptors (Lipinski definition) is 5. The molecule has 0 unspecified atom stereocenters. The van der Waals surface area contributed by atoms with Crippen LogP contribution in [0.1, 0.15) is 36.5 Å². The molecule has 4 rings (SSSR count). The minimum Gasteiger partial charge on any atom is -0.467 e. The van der Waals surface area contributed by atoms with E-state index in [1.807, 2.05) is 92.7 Å². The number of carbonyl (C=O) groups excluding carboxylic acids is 3. The van der Waals surface area contributed by atoms with Crippen LogP contribution >= 0.6 is 0 Å². The second kappa shape index (κ2) is 11.1. The average Bonchev–Trinajstić information content (AvgIpc) is 3.23. The summed E-state index contributed by atoms with van der Waals surface area (Å²) in [6.07, 6.45) is -0.709. The minimum absolute atomic E-state index is 0.0829. The van der Waals surface area contributed by atoms with Crippen LogP contribution in [0.25, 0.3) is 11.1 Å². The highest BCUT2D eigenvalue weighted by molar-refractivity contribution is 5.92. The van der Waals surface area contributed by atoms with Gasteiger partial charge in [0.2, 0.25) is 5.91 Å². The van der Waals surface area contributed by atoms with E-state index in [2.05, 4.69) is 10.6 Å². The quantitative estimate of drug-likeness (QED) is 0.460. The van der Waals surface area contributed by atoms with Gasteiger partial charge in [0.1, 0.15) is 18.7 Å². The van der Waals surface area contributed by atoms with Gasteiger partial charge >= 0.3 is 12.1 Å². The third-order valence-corrected chi connectivity index (χ3v) is 6.40. The number of fused-ring (bicyclic) bond motifs is 3. The molecule has 0 spiro atoms. The maximum Gasteiger partial charge on any atom is 0.408 e. The highest BCUT2D eigenvalue weighted by Gasteiger charge is 2.40. The van der Waals surface area contributed by atoms with Crippen molar-refractivity contribution >= 4 is 18.0 Å². The Morgan fingerprint density at radius 3 is 1.92 bits per heavy atom. The molecule has 2 atom stereocenters. The Balaban J connectivity index is 1.54. The Labute approximate surface area is 210 Å². The second-order valence-electron chi connectivity index (χ2n) is 9.09. The molecule has 2 N–H and O–H groups in total. The van der Waals surface area contributed by atoms with Gasteiger partial charge in [0, 0.05) is 5.92 Å². The SMILES string of the molecule is COC(=O)[C@@H](NC(=O)[C@H](NC(=O)OCc1ccccc1)C(C)C)C1c2ccccc2-c2ccccc21. The Kier molecular flexibility index (Phi) is 7.68. The summed E-state index contributed by atoms with van der Waals surface area (Å²) in [6, 6.07) is 23.0. The van der Waals surface area contributed by atoms with Crippen LogP contribution in [-0.4, -0.2) is 37.2 Å². The lowest BCUT2D eigenvalue weighted by Gasteiger charge is -2.28. The van der Waals surface area contributed by atoms with Gasteiger partial charge in [-0.25, -0.2) is 9.59 Å². The fourth-order valence-electron chi connectivity index (χ4n) is 4.63. The van der Waals surface area contributed by atoms with Gasteiger partial charge in [0.15, 0.2) is 0 Å². The van der Waals surface area contributed by atoms with Crippen molar-refractivity contribution < 1.29 is 23.9 Å². The van der Waals surface area contributed by atoms with Crippen molar-refractivity contribution in [3.8, 4) is 11.1 Å². The molecule has 0 heterocycles. The zero-order chi connectivity index (χ0) is 25.7. The van der Waals surface area contributed by atoms with Crippen LogP contribution in [0, 0.1) is 5.92 Å². The first-order chi connectivity index (χ1) is 17.4. The highest BCUT2D eigenvalue weighted by Crippen LogP contribution is 2.46. The Morgan fingerprint density at radius 2 is 1.36 bits per heavy atom. The van der Waals surface area contributed by atoms with Crippen molar-refractivity contribution in [3.05, 3.63) is 95.6 Å². The van der Waals surface area contributed by atoms with Crippen molar-refractivity contribution in [3.63, 3.8) is 0 Å². The lowest BCUT2D eigenvalue weighted by atomic mass is 9.88. The van der Waals surface area contributed by atoms with Crippen LogP contribution in [0.15, 0.2) is 78.9 Å². The second-order valence-corrected chi connectivity index (χ2v) is 9.09. The molecule has 36 heavy (non-hydrogen) atoms. The van der Waals surface area contributed by atoms with Crippen molar-refractivity contribution in [2.75, 3.05) is 7.11 Å².